The Balaban J connectivity index is 1.83. The van der Waals surface area contributed by atoms with Gasteiger partial charge in [0.2, 0.25) is 0 Å². The molecule has 0 amide bonds. The molecule has 92 valence electrons. The van der Waals surface area contributed by atoms with E-state index in [1.165, 1.54) is 5.56 Å². The van der Waals surface area contributed by atoms with Crippen LogP contribution in [0.2, 0.25) is 0 Å². The van der Waals surface area contributed by atoms with Crippen LogP contribution in [0.3, 0.4) is 0 Å². The number of aryl methyl sites for hydroxylation is 1. The van der Waals surface area contributed by atoms with Gasteiger partial charge >= 0.3 is 0 Å². The van der Waals surface area contributed by atoms with Gasteiger partial charge in [-0.3, -0.25) is 4.79 Å². The van der Waals surface area contributed by atoms with Gasteiger partial charge in [-0.2, -0.15) is 0 Å². The smallest absolute Gasteiger partial charge is 0.162 e. The monoisotopic (exact) mass is 232 g/mol. The molecule has 0 heterocycles. The number of rotatable bonds is 7. The molecule has 0 radical (unpaired) electrons. The lowest BCUT2D eigenvalue weighted by Gasteiger charge is -2.14. The van der Waals surface area contributed by atoms with Gasteiger partial charge in [0.25, 0.3) is 0 Å². The van der Waals surface area contributed by atoms with E-state index in [-0.39, 0.29) is 11.9 Å². The first kappa shape index (κ1) is 12.3. The standard InChI is InChI=1S/C15H20O2/c1-2-17-15(13-9-10-13)14(16)11-8-12-6-4-3-5-7-12/h3-7,13,15H,2,8-11H2,1H3. The molecule has 0 aromatic heterocycles. The second-order valence-corrected chi connectivity index (χ2v) is 4.67. The maximum atomic E-state index is 12.1. The van der Waals surface area contributed by atoms with Crippen LogP contribution in [0.1, 0.15) is 31.7 Å². The van der Waals surface area contributed by atoms with Gasteiger partial charge in [-0.05, 0) is 37.7 Å². The topological polar surface area (TPSA) is 26.3 Å². The van der Waals surface area contributed by atoms with Gasteiger partial charge in [-0.1, -0.05) is 30.3 Å². The summed E-state index contributed by atoms with van der Waals surface area (Å²) in [4.78, 5) is 12.1. The number of hydrogen-bond acceptors (Lipinski definition) is 2. The molecule has 0 spiro atoms. The molecular weight excluding hydrogens is 212 g/mol. The zero-order valence-corrected chi connectivity index (χ0v) is 10.4. The average molecular weight is 232 g/mol. The van der Waals surface area contributed by atoms with Gasteiger partial charge in [-0.15, -0.1) is 0 Å². The Bertz CT molecular complexity index is 354. The minimum Gasteiger partial charge on any atom is -0.370 e. The number of carbonyl (C=O) groups is 1. The van der Waals surface area contributed by atoms with Gasteiger partial charge in [-0.25, -0.2) is 0 Å². The van der Waals surface area contributed by atoms with Crippen molar-refractivity contribution < 1.29 is 9.53 Å². The van der Waals surface area contributed by atoms with Gasteiger partial charge < -0.3 is 4.74 Å². The normalized spacial score (nSPS) is 16.8. The van der Waals surface area contributed by atoms with E-state index in [9.17, 15) is 4.79 Å². The largest absolute Gasteiger partial charge is 0.370 e. The number of carbonyl (C=O) groups excluding carboxylic acids is 1. The first-order valence-electron chi connectivity index (χ1n) is 6.49. The molecule has 1 aromatic carbocycles. The van der Waals surface area contributed by atoms with Gasteiger partial charge in [0.1, 0.15) is 6.10 Å². The van der Waals surface area contributed by atoms with Crippen LogP contribution >= 0.6 is 0 Å². The molecule has 17 heavy (non-hydrogen) atoms. The van der Waals surface area contributed by atoms with E-state index < -0.39 is 0 Å². The summed E-state index contributed by atoms with van der Waals surface area (Å²) in [7, 11) is 0. The van der Waals surface area contributed by atoms with Gasteiger partial charge in [0.15, 0.2) is 5.78 Å². The highest BCUT2D eigenvalue weighted by molar-refractivity contribution is 5.84. The SMILES string of the molecule is CCOC(C(=O)CCc1ccccc1)C1CC1. The molecule has 1 atom stereocenters. The van der Waals surface area contributed by atoms with Crippen molar-refractivity contribution in [3.63, 3.8) is 0 Å². The fourth-order valence-electron chi connectivity index (χ4n) is 2.12. The van der Waals surface area contributed by atoms with E-state index in [1.54, 1.807) is 0 Å². The summed E-state index contributed by atoms with van der Waals surface area (Å²) in [6, 6.07) is 10.2. The van der Waals surface area contributed by atoms with Gasteiger partial charge in [0, 0.05) is 13.0 Å². The lowest BCUT2D eigenvalue weighted by molar-refractivity contribution is -0.131. The Labute approximate surface area is 103 Å². The third kappa shape index (κ3) is 3.67. The summed E-state index contributed by atoms with van der Waals surface area (Å²) in [5.74, 6) is 0.774. The summed E-state index contributed by atoms with van der Waals surface area (Å²) in [5.41, 5.74) is 1.23. The summed E-state index contributed by atoms with van der Waals surface area (Å²) < 4.78 is 5.57. The van der Waals surface area contributed by atoms with E-state index in [2.05, 4.69) is 12.1 Å². The molecule has 0 saturated heterocycles. The molecule has 1 fully saturated rings. The Morgan fingerprint density at radius 1 is 1.35 bits per heavy atom. The number of hydrogen-bond donors (Lipinski definition) is 0. The van der Waals surface area contributed by atoms with Crippen LogP contribution in [0.5, 0.6) is 0 Å². The van der Waals surface area contributed by atoms with Crippen LogP contribution < -0.4 is 0 Å². The van der Waals surface area contributed by atoms with Crippen LogP contribution in [-0.4, -0.2) is 18.5 Å². The second kappa shape index (κ2) is 5.97. The Morgan fingerprint density at radius 3 is 2.65 bits per heavy atom. The Kier molecular flexibility index (Phi) is 4.32. The van der Waals surface area contributed by atoms with Crippen LogP contribution in [0.25, 0.3) is 0 Å². The molecule has 1 aliphatic rings. The van der Waals surface area contributed by atoms with E-state index in [0.29, 0.717) is 18.9 Å². The first-order chi connectivity index (χ1) is 8.31. The number of Topliss-reactive ketones (excluding diaryl/α,β-unsaturated/α-hetero) is 1. The highest BCUT2D eigenvalue weighted by Crippen LogP contribution is 2.35. The van der Waals surface area contributed by atoms with Crippen molar-refractivity contribution in [3.8, 4) is 0 Å². The maximum absolute atomic E-state index is 12.1. The maximum Gasteiger partial charge on any atom is 0.162 e. The van der Waals surface area contributed by atoms with Crippen molar-refractivity contribution in [2.24, 2.45) is 5.92 Å². The average Bonchev–Trinajstić information content (AvgIpc) is 3.18. The molecule has 2 nitrogen and oxygen atoms in total. The third-order valence-electron chi connectivity index (χ3n) is 3.22. The second-order valence-electron chi connectivity index (χ2n) is 4.67. The van der Waals surface area contributed by atoms with Crippen molar-refractivity contribution in [1.82, 2.24) is 0 Å². The molecule has 0 N–H and O–H groups in total. The van der Waals surface area contributed by atoms with Crippen LogP contribution in [0.15, 0.2) is 30.3 Å². The van der Waals surface area contributed by atoms with E-state index >= 15 is 0 Å². The van der Waals surface area contributed by atoms with Crippen molar-refractivity contribution in [2.45, 2.75) is 38.7 Å². The van der Waals surface area contributed by atoms with Crippen molar-refractivity contribution in [1.29, 1.82) is 0 Å². The highest BCUT2D eigenvalue weighted by Gasteiger charge is 2.36. The van der Waals surface area contributed by atoms with Crippen molar-refractivity contribution in [2.75, 3.05) is 6.61 Å². The van der Waals surface area contributed by atoms with Gasteiger partial charge in [0.05, 0.1) is 0 Å². The van der Waals surface area contributed by atoms with Crippen molar-refractivity contribution >= 4 is 5.78 Å². The minimum absolute atomic E-state index is 0.135. The number of benzene rings is 1. The molecule has 2 heteroatoms. The molecule has 0 aliphatic heterocycles. The molecule has 0 bridgehead atoms. The van der Waals surface area contributed by atoms with Crippen LogP contribution in [0.4, 0.5) is 0 Å². The fourth-order valence-corrected chi connectivity index (χ4v) is 2.12. The van der Waals surface area contributed by atoms with Crippen molar-refractivity contribution in [3.05, 3.63) is 35.9 Å². The lowest BCUT2D eigenvalue weighted by Crippen LogP contribution is -2.26. The highest BCUT2D eigenvalue weighted by atomic mass is 16.5. The van der Waals surface area contributed by atoms with E-state index in [0.717, 1.165) is 19.3 Å². The molecule has 1 unspecified atom stereocenters. The predicted molar refractivity (Wildman–Crippen MR) is 67.9 cm³/mol. The van der Waals surface area contributed by atoms with E-state index in [1.807, 2.05) is 25.1 Å². The summed E-state index contributed by atoms with van der Waals surface area (Å²) in [6.45, 7) is 2.60. The summed E-state index contributed by atoms with van der Waals surface area (Å²) in [5, 5.41) is 0. The summed E-state index contributed by atoms with van der Waals surface area (Å²) in [6.07, 6.45) is 3.61. The molecule has 2 rings (SSSR count). The third-order valence-corrected chi connectivity index (χ3v) is 3.22. The predicted octanol–water partition coefficient (Wildman–Crippen LogP) is 3.00. The van der Waals surface area contributed by atoms with E-state index in [4.69, 9.17) is 4.74 Å². The zero-order chi connectivity index (χ0) is 12.1. The minimum atomic E-state index is -0.135. The molecule has 1 saturated carbocycles. The number of ketones is 1. The van der Waals surface area contributed by atoms with Crippen LogP contribution in [-0.2, 0) is 16.0 Å². The summed E-state index contributed by atoms with van der Waals surface area (Å²) >= 11 is 0. The Hall–Kier alpha value is -1.15. The first-order valence-corrected chi connectivity index (χ1v) is 6.49. The molecule has 1 aromatic rings. The Morgan fingerprint density at radius 2 is 2.06 bits per heavy atom. The molecule has 1 aliphatic carbocycles. The van der Waals surface area contributed by atoms with Crippen LogP contribution in [0, 0.1) is 5.92 Å². The lowest BCUT2D eigenvalue weighted by atomic mass is 10.0. The zero-order valence-electron chi connectivity index (χ0n) is 10.4. The number of ether oxygens (including phenoxy) is 1. The quantitative estimate of drug-likeness (QED) is 0.722. The molecular formula is C15H20O2. The fraction of sp³-hybridized carbons (Fsp3) is 0.533.